The third-order valence-electron chi connectivity index (χ3n) is 6.81. The van der Waals surface area contributed by atoms with Crippen LogP contribution in [0.25, 0.3) is 10.9 Å². The van der Waals surface area contributed by atoms with Crippen LogP contribution in [0.1, 0.15) is 52.5 Å². The maximum Gasteiger partial charge on any atom is 0.326 e. The van der Waals surface area contributed by atoms with Crippen molar-refractivity contribution in [3.8, 4) is 0 Å². The summed E-state index contributed by atoms with van der Waals surface area (Å²) in [4.78, 5) is 54.7. The number of para-hydroxylation sites is 1. The molecule has 216 valence electrons. The molecule has 1 aromatic carbocycles. The number of thioether (sulfide) groups is 1. The molecule has 0 fully saturated rings. The van der Waals surface area contributed by atoms with Gasteiger partial charge in [-0.1, -0.05) is 52.3 Å². The average Bonchev–Trinajstić information content (AvgIpc) is 3.30. The van der Waals surface area contributed by atoms with Crippen LogP contribution in [-0.4, -0.2) is 70.0 Å². The predicted molar refractivity (Wildman–Crippen MR) is 155 cm³/mol. The van der Waals surface area contributed by atoms with Crippen molar-refractivity contribution in [2.75, 3.05) is 12.0 Å². The number of carboxylic acids is 1. The molecule has 3 amide bonds. The fourth-order valence-corrected chi connectivity index (χ4v) is 4.81. The van der Waals surface area contributed by atoms with E-state index < -0.39 is 47.9 Å². The molecular formula is C28H43N5O5S. The van der Waals surface area contributed by atoms with Gasteiger partial charge in [0, 0.05) is 23.5 Å². The Bertz CT molecular complexity index is 1120. The van der Waals surface area contributed by atoms with E-state index in [2.05, 4.69) is 20.9 Å². The van der Waals surface area contributed by atoms with E-state index in [0.717, 1.165) is 16.5 Å². The van der Waals surface area contributed by atoms with Gasteiger partial charge in [-0.15, -0.1) is 0 Å². The van der Waals surface area contributed by atoms with Crippen molar-refractivity contribution in [1.82, 2.24) is 20.9 Å². The molecule has 10 nitrogen and oxygen atoms in total. The van der Waals surface area contributed by atoms with Crippen molar-refractivity contribution < 1.29 is 24.3 Å². The molecule has 7 N–H and O–H groups in total. The Morgan fingerprint density at radius 1 is 1.00 bits per heavy atom. The van der Waals surface area contributed by atoms with Crippen LogP contribution in [-0.2, 0) is 25.6 Å². The largest absolute Gasteiger partial charge is 0.480 e. The molecule has 0 saturated carbocycles. The molecule has 11 heteroatoms. The first-order valence-corrected chi connectivity index (χ1v) is 14.8. The number of aromatic nitrogens is 1. The molecule has 0 spiro atoms. The summed E-state index contributed by atoms with van der Waals surface area (Å²) in [5.74, 6) is -2.17. The van der Waals surface area contributed by atoms with Gasteiger partial charge < -0.3 is 31.8 Å². The van der Waals surface area contributed by atoms with Gasteiger partial charge in [0.05, 0.1) is 6.04 Å². The van der Waals surface area contributed by atoms with Crippen LogP contribution in [0, 0.1) is 11.8 Å². The van der Waals surface area contributed by atoms with Crippen LogP contribution < -0.4 is 21.7 Å². The van der Waals surface area contributed by atoms with Gasteiger partial charge in [-0.05, 0) is 48.3 Å². The molecule has 5 unspecified atom stereocenters. The smallest absolute Gasteiger partial charge is 0.326 e. The van der Waals surface area contributed by atoms with E-state index in [9.17, 15) is 24.3 Å². The molecule has 2 aromatic rings. The van der Waals surface area contributed by atoms with Crippen molar-refractivity contribution in [3.05, 3.63) is 36.0 Å². The van der Waals surface area contributed by atoms with Gasteiger partial charge in [-0.3, -0.25) is 14.4 Å². The second-order valence-corrected chi connectivity index (χ2v) is 11.4. The third kappa shape index (κ3) is 9.58. The third-order valence-corrected chi connectivity index (χ3v) is 7.46. The molecular weight excluding hydrogens is 518 g/mol. The molecule has 0 aliphatic carbocycles. The number of H-pyrrole nitrogens is 1. The van der Waals surface area contributed by atoms with Gasteiger partial charge in [0.1, 0.15) is 18.1 Å². The van der Waals surface area contributed by atoms with Crippen molar-refractivity contribution >= 4 is 46.4 Å². The van der Waals surface area contributed by atoms with E-state index in [0.29, 0.717) is 18.6 Å². The van der Waals surface area contributed by atoms with Gasteiger partial charge in [0.2, 0.25) is 17.7 Å². The first-order valence-electron chi connectivity index (χ1n) is 13.4. The van der Waals surface area contributed by atoms with E-state index >= 15 is 0 Å². The number of amides is 3. The number of nitrogens with two attached hydrogens (primary N) is 1. The van der Waals surface area contributed by atoms with E-state index in [1.165, 1.54) is 11.8 Å². The fraction of sp³-hybridized carbons (Fsp3) is 0.571. The fourth-order valence-electron chi connectivity index (χ4n) is 4.33. The Hall–Kier alpha value is -3.05. The Morgan fingerprint density at radius 2 is 1.67 bits per heavy atom. The Labute approximate surface area is 234 Å². The number of rotatable bonds is 16. The lowest BCUT2D eigenvalue weighted by atomic mass is 9.96. The minimum absolute atomic E-state index is 0.129. The average molecular weight is 562 g/mol. The molecule has 1 heterocycles. The van der Waals surface area contributed by atoms with Gasteiger partial charge in [-0.2, -0.15) is 11.8 Å². The van der Waals surface area contributed by atoms with E-state index in [4.69, 9.17) is 5.73 Å². The monoisotopic (exact) mass is 561 g/mol. The molecule has 0 bridgehead atoms. The summed E-state index contributed by atoms with van der Waals surface area (Å²) in [5.41, 5.74) is 7.73. The highest BCUT2D eigenvalue weighted by atomic mass is 32.2. The highest BCUT2D eigenvalue weighted by Gasteiger charge is 2.33. The first-order chi connectivity index (χ1) is 18.5. The molecule has 2 rings (SSSR count). The Balaban J connectivity index is 2.32. The van der Waals surface area contributed by atoms with Crippen molar-refractivity contribution in [3.63, 3.8) is 0 Å². The quantitative estimate of drug-likeness (QED) is 0.183. The zero-order valence-electron chi connectivity index (χ0n) is 23.5. The maximum absolute atomic E-state index is 13.5. The van der Waals surface area contributed by atoms with Gasteiger partial charge >= 0.3 is 5.97 Å². The van der Waals surface area contributed by atoms with E-state index in [-0.39, 0.29) is 24.7 Å². The number of carboxylic acid groups (broad SMARTS) is 1. The number of carbonyl (C=O) groups is 4. The van der Waals surface area contributed by atoms with Crippen LogP contribution in [0.5, 0.6) is 0 Å². The maximum atomic E-state index is 13.5. The minimum atomic E-state index is -1.14. The van der Waals surface area contributed by atoms with Crippen LogP contribution in [0.15, 0.2) is 30.5 Å². The summed E-state index contributed by atoms with van der Waals surface area (Å²) in [6.07, 6.45) is 5.08. The highest BCUT2D eigenvalue weighted by molar-refractivity contribution is 7.98. The number of hydrogen-bond donors (Lipinski definition) is 6. The normalized spacial score (nSPS) is 15.3. The number of aliphatic carboxylic acids is 1. The van der Waals surface area contributed by atoms with Gasteiger partial charge in [0.25, 0.3) is 0 Å². The van der Waals surface area contributed by atoms with E-state index in [1.807, 2.05) is 58.2 Å². The number of fused-ring (bicyclic) bond motifs is 1. The van der Waals surface area contributed by atoms with Crippen molar-refractivity contribution in [2.45, 2.75) is 77.5 Å². The highest BCUT2D eigenvalue weighted by Crippen LogP contribution is 2.20. The summed E-state index contributed by atoms with van der Waals surface area (Å²) >= 11 is 1.48. The summed E-state index contributed by atoms with van der Waals surface area (Å²) in [6, 6.07) is 3.76. The topological polar surface area (TPSA) is 166 Å². The Kier molecular flexibility index (Phi) is 12.8. The lowest BCUT2D eigenvalue weighted by Gasteiger charge is -2.28. The minimum Gasteiger partial charge on any atom is -0.480 e. The summed E-state index contributed by atoms with van der Waals surface area (Å²) in [7, 11) is 0. The molecule has 0 aliphatic heterocycles. The molecule has 0 radical (unpaired) electrons. The molecule has 39 heavy (non-hydrogen) atoms. The zero-order valence-corrected chi connectivity index (χ0v) is 24.3. The second-order valence-electron chi connectivity index (χ2n) is 10.4. The SMILES string of the molecule is CCC(C)C(NC(=O)C(N)CC(C)C)C(=O)NC(Cc1c[nH]c2ccccc12)C(=O)NC(CCSC)C(=O)O. The van der Waals surface area contributed by atoms with Gasteiger partial charge in [0.15, 0.2) is 0 Å². The number of aromatic amines is 1. The summed E-state index contributed by atoms with van der Waals surface area (Å²) in [5, 5.41) is 18.7. The molecule has 0 aliphatic rings. The number of nitrogens with one attached hydrogen (secondary N) is 4. The summed E-state index contributed by atoms with van der Waals surface area (Å²) < 4.78 is 0. The number of carbonyl (C=O) groups excluding carboxylic acids is 3. The first kappa shape index (κ1) is 32.2. The number of hydrogen-bond acceptors (Lipinski definition) is 6. The lowest BCUT2D eigenvalue weighted by molar-refractivity contribution is -0.142. The van der Waals surface area contributed by atoms with Crippen LogP contribution >= 0.6 is 11.8 Å². The Morgan fingerprint density at radius 3 is 2.28 bits per heavy atom. The van der Waals surface area contributed by atoms with Gasteiger partial charge in [-0.25, -0.2) is 4.79 Å². The predicted octanol–water partition coefficient (Wildman–Crippen LogP) is 2.42. The van der Waals surface area contributed by atoms with Crippen molar-refractivity contribution in [2.24, 2.45) is 17.6 Å². The van der Waals surface area contributed by atoms with Crippen LogP contribution in [0.2, 0.25) is 0 Å². The standard InChI is InChI=1S/C28H43N5O5S/c1-6-17(4)24(33-25(34)20(29)13-16(2)3)27(36)32-23(26(35)31-22(28(37)38)11-12-39-5)14-18-15-30-21-10-8-7-9-19(18)21/h7-10,15-17,20,22-24,30H,6,11-14,29H2,1-5H3,(H,31,35)(H,32,36)(H,33,34)(H,37,38). The van der Waals surface area contributed by atoms with Crippen LogP contribution in [0.3, 0.4) is 0 Å². The molecule has 0 saturated heterocycles. The van der Waals surface area contributed by atoms with Crippen molar-refractivity contribution in [1.29, 1.82) is 0 Å². The lowest BCUT2D eigenvalue weighted by Crippen LogP contribution is -2.59. The summed E-state index contributed by atoms with van der Waals surface area (Å²) in [6.45, 7) is 7.67. The molecule has 1 aromatic heterocycles. The number of benzene rings is 1. The second kappa shape index (κ2) is 15.5. The zero-order chi connectivity index (χ0) is 29.1. The van der Waals surface area contributed by atoms with Crippen LogP contribution in [0.4, 0.5) is 0 Å². The molecule has 5 atom stereocenters. The van der Waals surface area contributed by atoms with E-state index in [1.54, 1.807) is 6.20 Å².